The normalized spacial score (nSPS) is 17.8. The van der Waals surface area contributed by atoms with Gasteiger partial charge >= 0.3 is 0 Å². The van der Waals surface area contributed by atoms with Crippen LogP contribution < -0.4 is 0 Å². The summed E-state index contributed by atoms with van der Waals surface area (Å²) in [6, 6.07) is 12.9. The molecule has 4 rings (SSSR count). The highest BCUT2D eigenvalue weighted by Gasteiger charge is 2.25. The Morgan fingerprint density at radius 2 is 2.04 bits per heavy atom. The van der Waals surface area contributed by atoms with Gasteiger partial charge in [-0.15, -0.1) is 11.3 Å². The fraction of sp³-hybridized carbons (Fsp3) is 0.333. The van der Waals surface area contributed by atoms with Gasteiger partial charge in [0.1, 0.15) is 0 Å². The number of rotatable bonds is 3. The predicted molar refractivity (Wildman–Crippen MR) is 101 cm³/mol. The van der Waals surface area contributed by atoms with Crippen molar-refractivity contribution >= 4 is 23.6 Å². The summed E-state index contributed by atoms with van der Waals surface area (Å²) in [7, 11) is 1.99. The van der Waals surface area contributed by atoms with Crippen LogP contribution in [0.4, 0.5) is 0 Å². The van der Waals surface area contributed by atoms with Crippen LogP contribution in [-0.4, -0.2) is 25.8 Å². The van der Waals surface area contributed by atoms with E-state index in [4.69, 9.17) is 17.3 Å². The molecule has 6 heteroatoms. The standard InChI is InChI=1S/C18H20N4S2/c1-13-15-9-11-24-16(15)8-10-21(13)12-22-18(23)20(2)17(19-22)14-6-4-3-5-7-14/h3-7,9,11,13H,8,10,12H2,1-2H3/t13-/m1/s1. The molecule has 1 aromatic carbocycles. The van der Waals surface area contributed by atoms with E-state index in [1.54, 1.807) is 0 Å². The molecule has 0 radical (unpaired) electrons. The number of nitrogens with zero attached hydrogens (tertiary/aromatic N) is 4. The molecule has 3 heterocycles. The second-order valence-corrected chi connectivity index (χ2v) is 7.58. The number of fused-ring (bicyclic) bond motifs is 1. The largest absolute Gasteiger partial charge is 0.303 e. The fourth-order valence-corrected chi connectivity index (χ4v) is 4.49. The third-order valence-corrected chi connectivity index (χ3v) is 6.27. The number of aromatic nitrogens is 3. The van der Waals surface area contributed by atoms with E-state index in [1.165, 1.54) is 10.4 Å². The summed E-state index contributed by atoms with van der Waals surface area (Å²) in [5.74, 6) is 0.918. The minimum Gasteiger partial charge on any atom is -0.303 e. The molecule has 0 amide bonds. The van der Waals surface area contributed by atoms with Crippen molar-refractivity contribution in [2.45, 2.75) is 26.1 Å². The molecule has 0 N–H and O–H groups in total. The van der Waals surface area contributed by atoms with Crippen LogP contribution in [0, 0.1) is 4.77 Å². The van der Waals surface area contributed by atoms with Crippen LogP contribution in [0.15, 0.2) is 41.8 Å². The van der Waals surface area contributed by atoms with Gasteiger partial charge in [-0.25, -0.2) is 4.68 Å². The Morgan fingerprint density at radius 1 is 1.25 bits per heavy atom. The lowest BCUT2D eigenvalue weighted by Gasteiger charge is -2.33. The van der Waals surface area contributed by atoms with Crippen LogP contribution in [0.5, 0.6) is 0 Å². The minimum absolute atomic E-state index is 0.407. The Labute approximate surface area is 151 Å². The maximum absolute atomic E-state index is 5.62. The van der Waals surface area contributed by atoms with Gasteiger partial charge in [-0.2, -0.15) is 5.10 Å². The number of thiophene rings is 1. The Balaban J connectivity index is 1.63. The molecule has 24 heavy (non-hydrogen) atoms. The van der Waals surface area contributed by atoms with E-state index in [0.29, 0.717) is 6.04 Å². The van der Waals surface area contributed by atoms with Crippen molar-refractivity contribution in [3.63, 3.8) is 0 Å². The lowest BCUT2D eigenvalue weighted by atomic mass is 10.0. The second-order valence-electron chi connectivity index (χ2n) is 6.21. The SMILES string of the molecule is C[C@@H]1c2ccsc2CCN1Cn1nc(-c2ccccc2)n(C)c1=S. The summed E-state index contributed by atoms with van der Waals surface area (Å²) in [6.07, 6.45) is 1.11. The topological polar surface area (TPSA) is 26.0 Å². The lowest BCUT2D eigenvalue weighted by Crippen LogP contribution is -2.35. The first-order chi connectivity index (χ1) is 11.6. The molecule has 0 fully saturated rings. The first-order valence-corrected chi connectivity index (χ1v) is 9.43. The van der Waals surface area contributed by atoms with Crippen LogP contribution in [0.25, 0.3) is 11.4 Å². The van der Waals surface area contributed by atoms with E-state index in [9.17, 15) is 0 Å². The molecule has 3 aromatic rings. The maximum atomic E-state index is 5.62. The Kier molecular flexibility index (Phi) is 4.12. The molecule has 0 saturated heterocycles. The van der Waals surface area contributed by atoms with Gasteiger partial charge in [0.2, 0.25) is 0 Å². The van der Waals surface area contributed by atoms with Crippen molar-refractivity contribution in [1.82, 2.24) is 19.2 Å². The molecule has 4 nitrogen and oxygen atoms in total. The molecule has 0 unspecified atom stereocenters. The zero-order valence-electron chi connectivity index (χ0n) is 13.8. The highest BCUT2D eigenvalue weighted by atomic mass is 32.1. The summed E-state index contributed by atoms with van der Waals surface area (Å²) in [6.45, 7) is 4.05. The predicted octanol–water partition coefficient (Wildman–Crippen LogP) is 4.26. The van der Waals surface area contributed by atoms with E-state index in [-0.39, 0.29) is 0 Å². The maximum Gasteiger partial charge on any atom is 0.199 e. The summed E-state index contributed by atoms with van der Waals surface area (Å²) < 4.78 is 4.71. The molecular weight excluding hydrogens is 336 g/mol. The molecule has 0 saturated carbocycles. The van der Waals surface area contributed by atoms with Crippen molar-refractivity contribution in [1.29, 1.82) is 0 Å². The zero-order valence-corrected chi connectivity index (χ0v) is 15.5. The number of benzene rings is 1. The minimum atomic E-state index is 0.407. The Hall–Kier alpha value is -1.76. The monoisotopic (exact) mass is 356 g/mol. The van der Waals surface area contributed by atoms with Gasteiger partial charge < -0.3 is 4.57 Å². The molecule has 1 atom stereocenters. The first kappa shape index (κ1) is 15.7. The van der Waals surface area contributed by atoms with Crippen molar-refractivity contribution in [3.8, 4) is 11.4 Å². The summed E-state index contributed by atoms with van der Waals surface area (Å²) in [5, 5.41) is 6.99. The van der Waals surface area contributed by atoms with Crippen molar-refractivity contribution in [3.05, 3.63) is 57.0 Å². The van der Waals surface area contributed by atoms with E-state index >= 15 is 0 Å². The lowest BCUT2D eigenvalue weighted by molar-refractivity contribution is 0.144. The van der Waals surface area contributed by atoms with Crippen molar-refractivity contribution < 1.29 is 0 Å². The van der Waals surface area contributed by atoms with Gasteiger partial charge in [-0.05, 0) is 42.6 Å². The van der Waals surface area contributed by atoms with Crippen molar-refractivity contribution in [2.75, 3.05) is 6.54 Å². The zero-order chi connectivity index (χ0) is 16.7. The van der Waals surface area contributed by atoms with Gasteiger partial charge in [0.05, 0.1) is 6.67 Å². The van der Waals surface area contributed by atoms with E-state index < -0.39 is 0 Å². The van der Waals surface area contributed by atoms with Crippen LogP contribution in [-0.2, 0) is 20.1 Å². The highest BCUT2D eigenvalue weighted by Crippen LogP contribution is 2.33. The van der Waals surface area contributed by atoms with Gasteiger partial charge in [0.25, 0.3) is 0 Å². The summed E-state index contributed by atoms with van der Waals surface area (Å²) in [5.41, 5.74) is 2.55. The van der Waals surface area contributed by atoms with Crippen LogP contribution in [0.2, 0.25) is 0 Å². The molecule has 2 aromatic heterocycles. The molecule has 0 bridgehead atoms. The Bertz CT molecular complexity index is 907. The highest BCUT2D eigenvalue weighted by molar-refractivity contribution is 7.71. The van der Waals surface area contributed by atoms with E-state index in [1.807, 2.05) is 45.8 Å². The fourth-order valence-electron chi connectivity index (χ4n) is 3.35. The van der Waals surface area contributed by atoms with Gasteiger partial charge in [-0.3, -0.25) is 4.90 Å². The second kappa shape index (κ2) is 6.27. The number of hydrogen-bond donors (Lipinski definition) is 0. The average Bonchev–Trinajstić information content (AvgIpc) is 3.19. The molecule has 0 spiro atoms. The molecular formula is C18H20N4S2. The smallest absolute Gasteiger partial charge is 0.199 e. The first-order valence-electron chi connectivity index (χ1n) is 8.14. The third-order valence-electron chi connectivity index (χ3n) is 4.79. The Morgan fingerprint density at radius 3 is 2.83 bits per heavy atom. The van der Waals surface area contributed by atoms with Crippen molar-refractivity contribution in [2.24, 2.45) is 7.05 Å². The molecule has 1 aliphatic heterocycles. The van der Waals surface area contributed by atoms with Crippen LogP contribution in [0.1, 0.15) is 23.4 Å². The number of hydrogen-bond acceptors (Lipinski definition) is 4. The van der Waals surface area contributed by atoms with Gasteiger partial charge in [0.15, 0.2) is 10.6 Å². The van der Waals surface area contributed by atoms with Gasteiger partial charge in [0, 0.05) is 30.1 Å². The third kappa shape index (κ3) is 2.64. The summed E-state index contributed by atoms with van der Waals surface area (Å²) >= 11 is 7.49. The van der Waals surface area contributed by atoms with E-state index in [2.05, 4.69) is 35.4 Å². The molecule has 1 aliphatic rings. The van der Waals surface area contributed by atoms with Gasteiger partial charge in [-0.1, -0.05) is 30.3 Å². The molecule has 124 valence electrons. The van der Waals surface area contributed by atoms with E-state index in [0.717, 1.165) is 35.8 Å². The van der Waals surface area contributed by atoms with Crippen LogP contribution in [0.3, 0.4) is 0 Å². The average molecular weight is 357 g/mol. The van der Waals surface area contributed by atoms with Crippen LogP contribution >= 0.6 is 23.6 Å². The summed E-state index contributed by atoms with van der Waals surface area (Å²) in [4.78, 5) is 3.97. The quantitative estimate of drug-likeness (QED) is 0.656. The molecule has 0 aliphatic carbocycles.